The van der Waals surface area contributed by atoms with E-state index in [0.717, 1.165) is 22.4 Å². The Hall–Kier alpha value is -3.61. The maximum Gasteiger partial charge on any atom is 0.246 e. The summed E-state index contributed by atoms with van der Waals surface area (Å²) in [7, 11) is 0. The minimum Gasteiger partial charge on any atom is -0.493 e. The quantitative estimate of drug-likeness (QED) is 0.571. The average Bonchev–Trinajstić information content (AvgIpc) is 3.19. The van der Waals surface area contributed by atoms with Crippen molar-refractivity contribution in [2.45, 2.75) is 33.4 Å². The summed E-state index contributed by atoms with van der Waals surface area (Å²) < 4.78 is 7.24. The number of hydrogen-bond acceptors (Lipinski definition) is 4. The number of rotatable bonds is 9. The Morgan fingerprint density at radius 1 is 1.03 bits per heavy atom. The summed E-state index contributed by atoms with van der Waals surface area (Å²) in [6.07, 6.45) is 3.63. The van der Waals surface area contributed by atoms with Crippen molar-refractivity contribution in [1.29, 1.82) is 0 Å². The van der Waals surface area contributed by atoms with Crippen LogP contribution in [-0.2, 0) is 22.7 Å². The van der Waals surface area contributed by atoms with Crippen molar-refractivity contribution in [3.63, 3.8) is 0 Å². The lowest BCUT2D eigenvalue weighted by Gasteiger charge is -2.10. The molecule has 7 heteroatoms. The second kappa shape index (κ2) is 10.2. The lowest BCUT2D eigenvalue weighted by Crippen LogP contribution is -2.24. The lowest BCUT2D eigenvalue weighted by atomic mass is 10.1. The number of anilines is 1. The number of aryl methyl sites for hydroxylation is 2. The molecule has 0 spiro atoms. The van der Waals surface area contributed by atoms with Crippen LogP contribution in [0.1, 0.15) is 23.1 Å². The Kier molecular flexibility index (Phi) is 7.21. The van der Waals surface area contributed by atoms with Gasteiger partial charge in [-0.15, -0.1) is 0 Å². The summed E-state index contributed by atoms with van der Waals surface area (Å²) in [6, 6.07) is 15.1. The maximum atomic E-state index is 12.1. The summed E-state index contributed by atoms with van der Waals surface area (Å²) in [5.41, 5.74) is 3.84. The van der Waals surface area contributed by atoms with Crippen LogP contribution in [0.2, 0.25) is 0 Å². The van der Waals surface area contributed by atoms with E-state index in [-0.39, 0.29) is 24.8 Å². The van der Waals surface area contributed by atoms with Crippen LogP contribution in [0, 0.1) is 13.8 Å². The first-order chi connectivity index (χ1) is 14.5. The molecule has 2 aromatic carbocycles. The van der Waals surface area contributed by atoms with E-state index < -0.39 is 0 Å². The molecule has 30 heavy (non-hydrogen) atoms. The van der Waals surface area contributed by atoms with Gasteiger partial charge in [0, 0.05) is 24.6 Å². The largest absolute Gasteiger partial charge is 0.493 e. The van der Waals surface area contributed by atoms with Gasteiger partial charge in [0.25, 0.3) is 0 Å². The summed E-state index contributed by atoms with van der Waals surface area (Å²) in [5.74, 6) is 0.523. The fourth-order valence-corrected chi connectivity index (χ4v) is 3.07. The number of ether oxygens (including phenoxy) is 1. The van der Waals surface area contributed by atoms with Crippen molar-refractivity contribution in [1.82, 2.24) is 15.1 Å². The molecule has 2 amide bonds. The number of nitrogens with zero attached hydrogens (tertiary/aromatic N) is 2. The molecule has 0 aliphatic carbocycles. The van der Waals surface area contributed by atoms with Gasteiger partial charge in [0.05, 0.1) is 13.0 Å². The summed E-state index contributed by atoms with van der Waals surface area (Å²) in [6.45, 7) is 4.87. The minimum atomic E-state index is -0.164. The first kappa shape index (κ1) is 21.1. The van der Waals surface area contributed by atoms with Gasteiger partial charge in [-0.2, -0.15) is 5.10 Å². The van der Waals surface area contributed by atoms with E-state index in [4.69, 9.17) is 4.74 Å². The fraction of sp³-hybridized carbons (Fsp3) is 0.261. The van der Waals surface area contributed by atoms with E-state index in [9.17, 15) is 9.59 Å². The zero-order valence-electron chi connectivity index (χ0n) is 17.2. The van der Waals surface area contributed by atoms with Gasteiger partial charge >= 0.3 is 0 Å². The Balaban J connectivity index is 1.42. The third-order valence-electron chi connectivity index (χ3n) is 4.36. The van der Waals surface area contributed by atoms with Crippen molar-refractivity contribution in [3.05, 3.63) is 77.6 Å². The highest BCUT2D eigenvalue weighted by Crippen LogP contribution is 2.16. The minimum absolute atomic E-state index is 0.0903. The predicted octanol–water partition coefficient (Wildman–Crippen LogP) is 3.22. The van der Waals surface area contributed by atoms with Gasteiger partial charge < -0.3 is 15.4 Å². The monoisotopic (exact) mass is 406 g/mol. The molecule has 0 fully saturated rings. The zero-order valence-corrected chi connectivity index (χ0v) is 17.2. The third-order valence-corrected chi connectivity index (χ3v) is 4.36. The van der Waals surface area contributed by atoms with Gasteiger partial charge in [0.1, 0.15) is 12.3 Å². The van der Waals surface area contributed by atoms with Crippen molar-refractivity contribution in [2.75, 3.05) is 11.9 Å². The molecule has 3 rings (SSSR count). The van der Waals surface area contributed by atoms with Gasteiger partial charge in [-0.25, -0.2) is 0 Å². The molecule has 0 aliphatic heterocycles. The smallest absolute Gasteiger partial charge is 0.246 e. The first-order valence-electron chi connectivity index (χ1n) is 9.82. The van der Waals surface area contributed by atoms with Gasteiger partial charge in [-0.1, -0.05) is 18.2 Å². The molecular formula is C23H26N4O3. The third kappa shape index (κ3) is 6.77. The second-order valence-electron chi connectivity index (χ2n) is 7.15. The number of amides is 2. The lowest BCUT2D eigenvalue weighted by molar-refractivity contribution is -0.121. The van der Waals surface area contributed by atoms with Gasteiger partial charge in [-0.05, 0) is 60.9 Å². The predicted molar refractivity (Wildman–Crippen MR) is 115 cm³/mol. The molecule has 0 bridgehead atoms. The second-order valence-corrected chi connectivity index (χ2v) is 7.15. The first-order valence-corrected chi connectivity index (χ1v) is 9.82. The number of carbonyl (C=O) groups is 2. The Morgan fingerprint density at radius 2 is 1.83 bits per heavy atom. The molecule has 156 valence electrons. The van der Waals surface area contributed by atoms with E-state index in [0.29, 0.717) is 18.8 Å². The molecule has 3 aromatic rings. The van der Waals surface area contributed by atoms with Crippen molar-refractivity contribution in [2.24, 2.45) is 0 Å². The van der Waals surface area contributed by atoms with Crippen LogP contribution in [0.5, 0.6) is 5.75 Å². The van der Waals surface area contributed by atoms with E-state index in [1.165, 1.54) is 0 Å². The topological polar surface area (TPSA) is 85.3 Å². The number of hydrogen-bond donors (Lipinski definition) is 2. The summed E-state index contributed by atoms with van der Waals surface area (Å²) >= 11 is 0. The molecule has 0 saturated heterocycles. The molecule has 7 nitrogen and oxygen atoms in total. The van der Waals surface area contributed by atoms with Crippen LogP contribution in [0.4, 0.5) is 5.69 Å². The van der Waals surface area contributed by atoms with Crippen molar-refractivity contribution < 1.29 is 14.3 Å². The van der Waals surface area contributed by atoms with Crippen LogP contribution < -0.4 is 15.4 Å². The average molecular weight is 406 g/mol. The van der Waals surface area contributed by atoms with Gasteiger partial charge in [-0.3, -0.25) is 14.3 Å². The molecule has 0 aliphatic rings. The maximum absolute atomic E-state index is 12.1. The number of benzene rings is 2. The zero-order chi connectivity index (χ0) is 21.3. The van der Waals surface area contributed by atoms with Crippen LogP contribution in [0.25, 0.3) is 0 Å². The highest BCUT2D eigenvalue weighted by molar-refractivity contribution is 5.90. The molecule has 0 atom stereocenters. The molecule has 1 aromatic heterocycles. The summed E-state index contributed by atoms with van der Waals surface area (Å²) in [5, 5.41) is 9.73. The Morgan fingerprint density at radius 3 is 2.57 bits per heavy atom. The Bertz CT molecular complexity index is 979. The normalized spacial score (nSPS) is 10.5. The number of nitrogens with one attached hydrogen (secondary N) is 2. The fourth-order valence-electron chi connectivity index (χ4n) is 3.07. The van der Waals surface area contributed by atoms with Crippen LogP contribution in [0.3, 0.4) is 0 Å². The van der Waals surface area contributed by atoms with Crippen LogP contribution in [-0.4, -0.2) is 28.2 Å². The Labute approximate surface area is 176 Å². The van der Waals surface area contributed by atoms with Gasteiger partial charge in [0.2, 0.25) is 11.8 Å². The van der Waals surface area contributed by atoms with Crippen molar-refractivity contribution >= 4 is 17.5 Å². The van der Waals surface area contributed by atoms with Crippen molar-refractivity contribution in [3.8, 4) is 5.75 Å². The highest BCUT2D eigenvalue weighted by Gasteiger charge is 2.06. The molecule has 1 heterocycles. The SMILES string of the molecule is Cc1cc(C)cc(OCCC(=O)NCc2cccc(NC(=O)Cn3cccn3)c2)c1. The molecular weight excluding hydrogens is 380 g/mol. The molecule has 0 unspecified atom stereocenters. The van der Waals surface area contributed by atoms with Gasteiger partial charge in [0.15, 0.2) is 0 Å². The standard InChI is InChI=1S/C23H26N4O3/c1-17-11-18(2)13-21(12-17)30-10-7-22(28)24-15-19-5-3-6-20(14-19)26-23(29)16-27-9-4-8-25-27/h3-6,8-9,11-14H,7,10,15-16H2,1-2H3,(H,24,28)(H,26,29). The van der Waals surface area contributed by atoms with Crippen LogP contribution in [0.15, 0.2) is 60.9 Å². The highest BCUT2D eigenvalue weighted by atomic mass is 16.5. The van der Waals surface area contributed by atoms with E-state index in [1.54, 1.807) is 23.1 Å². The molecule has 0 radical (unpaired) electrons. The number of carbonyl (C=O) groups excluding carboxylic acids is 2. The molecule has 2 N–H and O–H groups in total. The number of aromatic nitrogens is 2. The van der Waals surface area contributed by atoms with Crippen LogP contribution >= 0.6 is 0 Å². The van der Waals surface area contributed by atoms with E-state index in [2.05, 4.69) is 21.8 Å². The summed E-state index contributed by atoms with van der Waals surface area (Å²) in [4.78, 5) is 24.2. The molecule has 0 saturated carbocycles. The van der Waals surface area contributed by atoms with E-state index >= 15 is 0 Å². The van der Waals surface area contributed by atoms with E-state index in [1.807, 2.05) is 50.2 Å².